The van der Waals surface area contributed by atoms with Crippen molar-refractivity contribution < 1.29 is 23.7 Å². The molecule has 34 heavy (non-hydrogen) atoms. The molecular formula is C29H28O5. The minimum Gasteiger partial charge on any atom is -0.492 e. The van der Waals surface area contributed by atoms with Gasteiger partial charge >= 0.3 is 5.97 Å². The minimum atomic E-state index is -0.455. The monoisotopic (exact) mass is 456 g/mol. The van der Waals surface area contributed by atoms with Crippen molar-refractivity contribution in [2.24, 2.45) is 0 Å². The molecule has 4 rings (SSSR count). The normalized spacial score (nSPS) is 10.8. The van der Waals surface area contributed by atoms with Crippen LogP contribution in [0.15, 0.2) is 91.5 Å². The Labute approximate surface area is 199 Å². The summed E-state index contributed by atoms with van der Waals surface area (Å²) in [6.07, 6.45) is 1.97. The number of carbonyl (C=O) groups is 1. The van der Waals surface area contributed by atoms with Gasteiger partial charge in [-0.05, 0) is 5.56 Å². The van der Waals surface area contributed by atoms with Crippen molar-refractivity contribution in [2.45, 2.75) is 6.42 Å². The van der Waals surface area contributed by atoms with Gasteiger partial charge < -0.3 is 18.9 Å². The van der Waals surface area contributed by atoms with Crippen LogP contribution in [0.4, 0.5) is 0 Å². The Morgan fingerprint density at radius 2 is 1.15 bits per heavy atom. The lowest BCUT2D eigenvalue weighted by molar-refractivity contribution is -0.139. The maximum Gasteiger partial charge on any atom is 0.330 e. The van der Waals surface area contributed by atoms with Crippen LogP contribution in [0.1, 0.15) is 5.56 Å². The second-order valence-electron chi connectivity index (χ2n) is 7.67. The van der Waals surface area contributed by atoms with Gasteiger partial charge in [0.15, 0.2) is 0 Å². The van der Waals surface area contributed by atoms with Gasteiger partial charge in [0.25, 0.3) is 0 Å². The van der Waals surface area contributed by atoms with E-state index in [0.29, 0.717) is 26.4 Å². The Bertz CT molecular complexity index is 1190. The van der Waals surface area contributed by atoms with Crippen molar-refractivity contribution in [1.29, 1.82) is 0 Å². The largest absolute Gasteiger partial charge is 0.492 e. The van der Waals surface area contributed by atoms with E-state index in [2.05, 4.69) is 43.0 Å². The first-order valence-electron chi connectivity index (χ1n) is 11.4. The van der Waals surface area contributed by atoms with Gasteiger partial charge in [0.05, 0.1) is 19.8 Å². The SMILES string of the molecule is C=CC(=O)OCCOCCOc1c2ccccc2c(OCCc2ccccc2)c2ccccc12. The van der Waals surface area contributed by atoms with E-state index in [1.54, 1.807) is 0 Å². The van der Waals surface area contributed by atoms with Gasteiger partial charge in [0.2, 0.25) is 0 Å². The highest BCUT2D eigenvalue weighted by molar-refractivity contribution is 6.11. The number of hydrogen-bond donors (Lipinski definition) is 0. The summed E-state index contributed by atoms with van der Waals surface area (Å²) in [5, 5.41) is 4.02. The molecule has 0 saturated heterocycles. The van der Waals surface area contributed by atoms with E-state index < -0.39 is 5.97 Å². The average molecular weight is 457 g/mol. The second kappa shape index (κ2) is 11.9. The van der Waals surface area contributed by atoms with Crippen molar-refractivity contribution in [1.82, 2.24) is 0 Å². The number of carbonyl (C=O) groups excluding carboxylic acids is 1. The van der Waals surface area contributed by atoms with E-state index in [-0.39, 0.29) is 6.61 Å². The van der Waals surface area contributed by atoms with Crippen molar-refractivity contribution in [3.05, 3.63) is 97.1 Å². The van der Waals surface area contributed by atoms with Crippen LogP contribution in [0.25, 0.3) is 21.5 Å². The standard InChI is InChI=1S/C29H28O5/c1-2-27(30)32-20-18-31-19-21-34-29-25-14-8-6-12-23(25)28(24-13-7-9-15-26(24)29)33-17-16-22-10-4-3-5-11-22/h2-15H,1,16-21H2. The van der Waals surface area contributed by atoms with Gasteiger partial charge in [0.1, 0.15) is 24.7 Å². The number of benzene rings is 4. The lowest BCUT2D eigenvalue weighted by Gasteiger charge is -2.18. The van der Waals surface area contributed by atoms with Crippen LogP contribution in [0.2, 0.25) is 0 Å². The Kier molecular flexibility index (Phi) is 8.14. The maximum absolute atomic E-state index is 11.1. The summed E-state index contributed by atoms with van der Waals surface area (Å²) in [7, 11) is 0. The second-order valence-corrected chi connectivity index (χ2v) is 7.67. The zero-order chi connectivity index (χ0) is 23.6. The Morgan fingerprint density at radius 1 is 0.647 bits per heavy atom. The van der Waals surface area contributed by atoms with Crippen LogP contribution in [0, 0.1) is 0 Å². The number of ether oxygens (including phenoxy) is 4. The molecule has 0 heterocycles. The van der Waals surface area contributed by atoms with Crippen LogP contribution in [-0.4, -0.2) is 39.0 Å². The van der Waals surface area contributed by atoms with Gasteiger partial charge in [-0.25, -0.2) is 4.79 Å². The molecular weight excluding hydrogens is 428 g/mol. The molecule has 0 spiro atoms. The van der Waals surface area contributed by atoms with Crippen LogP contribution in [-0.2, 0) is 20.7 Å². The smallest absolute Gasteiger partial charge is 0.330 e. The van der Waals surface area contributed by atoms with Gasteiger partial charge in [-0.2, -0.15) is 0 Å². The summed E-state index contributed by atoms with van der Waals surface area (Å²) in [6, 6.07) is 26.6. The lowest BCUT2D eigenvalue weighted by atomic mass is 10.0. The maximum atomic E-state index is 11.1. The number of fused-ring (bicyclic) bond motifs is 2. The highest BCUT2D eigenvalue weighted by Crippen LogP contribution is 2.42. The number of esters is 1. The van der Waals surface area contributed by atoms with Crippen LogP contribution < -0.4 is 9.47 Å². The molecule has 5 nitrogen and oxygen atoms in total. The Hall–Kier alpha value is -3.83. The lowest BCUT2D eigenvalue weighted by Crippen LogP contribution is -2.12. The van der Waals surface area contributed by atoms with E-state index in [1.807, 2.05) is 42.5 Å². The summed E-state index contributed by atoms with van der Waals surface area (Å²) >= 11 is 0. The zero-order valence-electron chi connectivity index (χ0n) is 19.1. The third kappa shape index (κ3) is 5.74. The third-order valence-electron chi connectivity index (χ3n) is 5.43. The Balaban J connectivity index is 1.49. The summed E-state index contributed by atoms with van der Waals surface area (Å²) < 4.78 is 23.0. The summed E-state index contributed by atoms with van der Waals surface area (Å²) in [6.45, 7) is 5.19. The fourth-order valence-electron chi connectivity index (χ4n) is 3.84. The van der Waals surface area contributed by atoms with Crippen LogP contribution >= 0.6 is 0 Å². The molecule has 0 aromatic heterocycles. The molecule has 0 aliphatic heterocycles. The van der Waals surface area contributed by atoms with Gasteiger partial charge in [-0.3, -0.25) is 0 Å². The molecule has 0 radical (unpaired) electrons. The predicted molar refractivity (Wildman–Crippen MR) is 135 cm³/mol. The topological polar surface area (TPSA) is 54.0 Å². The third-order valence-corrected chi connectivity index (χ3v) is 5.43. The molecule has 174 valence electrons. The van der Waals surface area contributed by atoms with Gasteiger partial charge in [-0.1, -0.05) is 85.4 Å². The highest BCUT2D eigenvalue weighted by Gasteiger charge is 2.15. The van der Waals surface area contributed by atoms with E-state index in [0.717, 1.165) is 45.5 Å². The van der Waals surface area contributed by atoms with E-state index in [4.69, 9.17) is 18.9 Å². The first-order chi connectivity index (χ1) is 16.8. The fourth-order valence-corrected chi connectivity index (χ4v) is 3.84. The van der Waals surface area contributed by atoms with Crippen molar-refractivity contribution in [2.75, 3.05) is 33.0 Å². The van der Waals surface area contributed by atoms with Crippen molar-refractivity contribution in [3.8, 4) is 11.5 Å². The van der Waals surface area contributed by atoms with E-state index >= 15 is 0 Å². The molecule has 0 saturated carbocycles. The molecule has 5 heteroatoms. The molecule has 0 N–H and O–H groups in total. The first kappa shape index (κ1) is 23.3. The van der Waals surface area contributed by atoms with Crippen LogP contribution in [0.5, 0.6) is 11.5 Å². The van der Waals surface area contributed by atoms with Crippen molar-refractivity contribution in [3.63, 3.8) is 0 Å². The predicted octanol–water partition coefficient (Wildman–Crippen LogP) is 5.74. The van der Waals surface area contributed by atoms with Crippen molar-refractivity contribution >= 4 is 27.5 Å². The number of hydrogen-bond acceptors (Lipinski definition) is 5. The molecule has 0 aliphatic rings. The zero-order valence-corrected chi connectivity index (χ0v) is 19.1. The average Bonchev–Trinajstić information content (AvgIpc) is 2.89. The molecule has 0 fully saturated rings. The first-order valence-corrected chi connectivity index (χ1v) is 11.4. The molecule has 4 aromatic rings. The van der Waals surface area contributed by atoms with E-state index in [9.17, 15) is 4.79 Å². The summed E-state index contributed by atoms with van der Waals surface area (Å²) in [4.78, 5) is 11.1. The molecule has 0 amide bonds. The van der Waals surface area contributed by atoms with Crippen LogP contribution in [0.3, 0.4) is 0 Å². The Morgan fingerprint density at radius 3 is 1.71 bits per heavy atom. The highest BCUT2D eigenvalue weighted by atomic mass is 16.6. The quantitative estimate of drug-likeness (QED) is 0.118. The molecule has 0 bridgehead atoms. The molecule has 0 aliphatic carbocycles. The summed E-state index contributed by atoms with van der Waals surface area (Å²) in [5.74, 6) is 1.22. The van der Waals surface area contributed by atoms with Gasteiger partial charge in [0, 0.05) is 34.0 Å². The molecule has 0 atom stereocenters. The van der Waals surface area contributed by atoms with E-state index in [1.165, 1.54) is 5.56 Å². The molecule has 4 aromatic carbocycles. The molecule has 0 unspecified atom stereocenters. The fraction of sp³-hybridized carbons (Fsp3) is 0.207. The number of rotatable bonds is 12. The minimum absolute atomic E-state index is 0.186. The summed E-state index contributed by atoms with van der Waals surface area (Å²) in [5.41, 5.74) is 1.25. The van der Waals surface area contributed by atoms with Gasteiger partial charge in [-0.15, -0.1) is 0 Å².